The molecule has 1 N–H and O–H groups in total. The quantitative estimate of drug-likeness (QED) is 0.929. The van der Waals surface area contributed by atoms with Crippen molar-refractivity contribution in [3.05, 3.63) is 29.3 Å². The van der Waals surface area contributed by atoms with E-state index in [4.69, 9.17) is 0 Å². The second-order valence-corrected chi connectivity index (χ2v) is 7.95. The van der Waals surface area contributed by atoms with Gasteiger partial charge in [-0.2, -0.15) is 0 Å². The maximum absolute atomic E-state index is 12.9. The van der Waals surface area contributed by atoms with E-state index in [-0.39, 0.29) is 11.3 Å². The highest BCUT2D eigenvalue weighted by Crippen LogP contribution is 2.29. The predicted molar refractivity (Wildman–Crippen MR) is 82.8 cm³/mol. The third kappa shape index (κ3) is 3.07. The van der Waals surface area contributed by atoms with E-state index in [1.165, 1.54) is 0 Å². The van der Waals surface area contributed by atoms with Gasteiger partial charge in [-0.15, -0.1) is 0 Å². The molecule has 0 saturated heterocycles. The van der Waals surface area contributed by atoms with Crippen LogP contribution in [0.1, 0.15) is 43.7 Å². The summed E-state index contributed by atoms with van der Waals surface area (Å²) in [5, 5.41) is 3.08. The largest absolute Gasteiger partial charge is 0.313 e. The van der Waals surface area contributed by atoms with Crippen LogP contribution in [0.25, 0.3) is 0 Å². The molecular formula is C16H25NO2S. The maximum Gasteiger partial charge on any atom is 0.182 e. The number of nitrogens with one attached hydrogen (secondary N) is 1. The normalized spacial score (nSPS) is 23.8. The van der Waals surface area contributed by atoms with Crippen molar-refractivity contribution in [3.8, 4) is 0 Å². The zero-order valence-corrected chi connectivity index (χ0v) is 13.5. The van der Waals surface area contributed by atoms with Gasteiger partial charge in [0.2, 0.25) is 0 Å². The van der Waals surface area contributed by atoms with Crippen LogP contribution in [-0.4, -0.2) is 26.3 Å². The Bertz CT molecular complexity index is 564. The molecule has 0 aliphatic heterocycles. The van der Waals surface area contributed by atoms with E-state index in [0.29, 0.717) is 4.90 Å². The molecule has 2 atom stereocenters. The summed E-state index contributed by atoms with van der Waals surface area (Å²) < 4.78 is 25.8. The van der Waals surface area contributed by atoms with Gasteiger partial charge in [0.1, 0.15) is 0 Å². The van der Waals surface area contributed by atoms with Gasteiger partial charge in [-0.1, -0.05) is 25.8 Å². The first-order valence-electron chi connectivity index (χ1n) is 7.51. The van der Waals surface area contributed by atoms with Crippen molar-refractivity contribution in [3.63, 3.8) is 0 Å². The van der Waals surface area contributed by atoms with Crippen LogP contribution in [0.2, 0.25) is 0 Å². The Morgan fingerprint density at radius 2 is 1.85 bits per heavy atom. The Balaban J connectivity index is 2.34. The molecule has 1 saturated carbocycles. The van der Waals surface area contributed by atoms with E-state index in [1.807, 2.05) is 32.9 Å². The Labute approximate surface area is 122 Å². The van der Waals surface area contributed by atoms with E-state index in [1.54, 1.807) is 6.07 Å². The van der Waals surface area contributed by atoms with Gasteiger partial charge in [-0.25, -0.2) is 8.42 Å². The Hall–Kier alpha value is -0.870. The summed E-state index contributed by atoms with van der Waals surface area (Å²) in [4.78, 5) is 0.482. The molecule has 0 aromatic heterocycles. The minimum absolute atomic E-state index is 0.0976. The lowest BCUT2D eigenvalue weighted by atomic mass is 9.95. The topological polar surface area (TPSA) is 46.2 Å². The summed E-state index contributed by atoms with van der Waals surface area (Å²) in [6, 6.07) is 5.59. The maximum atomic E-state index is 12.9. The Kier molecular flexibility index (Phi) is 4.86. The first-order valence-corrected chi connectivity index (χ1v) is 9.06. The van der Waals surface area contributed by atoms with Crippen LogP contribution in [0.15, 0.2) is 23.1 Å². The van der Waals surface area contributed by atoms with Gasteiger partial charge < -0.3 is 5.32 Å². The van der Waals surface area contributed by atoms with Gasteiger partial charge >= 0.3 is 0 Å². The molecule has 0 bridgehead atoms. The highest BCUT2D eigenvalue weighted by atomic mass is 32.2. The SMILES string of the molecule is CCNC1CCCCC1S(=O)(=O)c1ccc(C)c(C)c1. The van der Waals surface area contributed by atoms with Crippen molar-refractivity contribution in [2.75, 3.05) is 6.54 Å². The van der Waals surface area contributed by atoms with Crippen molar-refractivity contribution in [2.45, 2.75) is 62.6 Å². The zero-order valence-electron chi connectivity index (χ0n) is 12.6. The minimum Gasteiger partial charge on any atom is -0.313 e. The van der Waals surface area contributed by atoms with Crippen LogP contribution in [0.5, 0.6) is 0 Å². The van der Waals surface area contributed by atoms with Gasteiger partial charge in [0.25, 0.3) is 0 Å². The Morgan fingerprint density at radius 3 is 2.50 bits per heavy atom. The second kappa shape index (κ2) is 6.27. The monoisotopic (exact) mass is 295 g/mol. The van der Waals surface area contributed by atoms with Crippen LogP contribution in [0.3, 0.4) is 0 Å². The van der Waals surface area contributed by atoms with Gasteiger partial charge in [-0.05, 0) is 56.5 Å². The zero-order chi connectivity index (χ0) is 14.8. The number of benzene rings is 1. The standard InChI is InChI=1S/C16H25NO2S/c1-4-17-15-7-5-6-8-16(15)20(18,19)14-10-9-12(2)13(3)11-14/h9-11,15-17H,4-8H2,1-3H3. The number of hydrogen-bond acceptors (Lipinski definition) is 3. The van der Waals surface area contributed by atoms with Crippen molar-refractivity contribution < 1.29 is 8.42 Å². The van der Waals surface area contributed by atoms with Crippen LogP contribution in [0, 0.1) is 13.8 Å². The fourth-order valence-corrected chi connectivity index (χ4v) is 5.12. The molecule has 112 valence electrons. The molecule has 20 heavy (non-hydrogen) atoms. The number of sulfone groups is 1. The molecule has 1 aromatic rings. The molecule has 1 fully saturated rings. The van der Waals surface area contributed by atoms with Crippen molar-refractivity contribution in [1.82, 2.24) is 5.32 Å². The Morgan fingerprint density at radius 1 is 1.15 bits per heavy atom. The highest BCUT2D eigenvalue weighted by molar-refractivity contribution is 7.92. The third-order valence-electron chi connectivity index (χ3n) is 4.37. The smallest absolute Gasteiger partial charge is 0.182 e. The summed E-state index contributed by atoms with van der Waals surface area (Å²) in [5.74, 6) is 0. The van der Waals surface area contributed by atoms with E-state index in [9.17, 15) is 8.42 Å². The average molecular weight is 295 g/mol. The van der Waals surface area contributed by atoms with E-state index < -0.39 is 9.84 Å². The lowest BCUT2D eigenvalue weighted by Crippen LogP contribution is -2.46. The summed E-state index contributed by atoms with van der Waals surface area (Å²) in [5.41, 5.74) is 2.18. The second-order valence-electron chi connectivity index (χ2n) is 5.78. The number of aryl methyl sites for hydroxylation is 2. The molecule has 4 heteroatoms. The predicted octanol–water partition coefficient (Wildman–Crippen LogP) is 3.00. The lowest BCUT2D eigenvalue weighted by Gasteiger charge is -2.31. The summed E-state index contributed by atoms with van der Waals surface area (Å²) in [6.07, 6.45) is 3.86. The number of hydrogen-bond donors (Lipinski definition) is 1. The molecule has 3 nitrogen and oxygen atoms in total. The molecule has 2 rings (SSSR count). The third-order valence-corrected chi connectivity index (χ3v) is 6.65. The molecule has 1 aliphatic carbocycles. The fourth-order valence-electron chi connectivity index (χ4n) is 3.03. The first kappa shape index (κ1) is 15.5. The summed E-state index contributed by atoms with van der Waals surface area (Å²) >= 11 is 0. The lowest BCUT2D eigenvalue weighted by molar-refractivity contribution is 0.377. The minimum atomic E-state index is -3.24. The van der Waals surface area contributed by atoms with Gasteiger partial charge in [-0.3, -0.25) is 0 Å². The summed E-state index contributed by atoms with van der Waals surface area (Å²) in [7, 11) is -3.24. The molecule has 0 radical (unpaired) electrons. The van der Waals surface area contributed by atoms with Crippen LogP contribution in [-0.2, 0) is 9.84 Å². The molecule has 1 aliphatic rings. The van der Waals surface area contributed by atoms with Crippen molar-refractivity contribution in [2.24, 2.45) is 0 Å². The van der Waals surface area contributed by atoms with Crippen LogP contribution in [0.4, 0.5) is 0 Å². The molecule has 0 heterocycles. The molecule has 1 aromatic carbocycles. The molecule has 0 amide bonds. The van der Waals surface area contributed by atoms with Crippen LogP contribution < -0.4 is 5.32 Å². The molecule has 0 spiro atoms. The average Bonchev–Trinajstić information content (AvgIpc) is 2.42. The van der Waals surface area contributed by atoms with Crippen molar-refractivity contribution in [1.29, 1.82) is 0 Å². The van der Waals surface area contributed by atoms with E-state index in [2.05, 4.69) is 5.32 Å². The number of rotatable bonds is 4. The van der Waals surface area contributed by atoms with Crippen molar-refractivity contribution >= 4 is 9.84 Å². The van der Waals surface area contributed by atoms with Gasteiger partial charge in [0.15, 0.2) is 9.84 Å². The van der Waals surface area contributed by atoms with Crippen LogP contribution >= 0.6 is 0 Å². The van der Waals surface area contributed by atoms with E-state index in [0.717, 1.165) is 43.4 Å². The van der Waals surface area contributed by atoms with Gasteiger partial charge in [0.05, 0.1) is 10.1 Å². The molecular weight excluding hydrogens is 270 g/mol. The fraction of sp³-hybridized carbons (Fsp3) is 0.625. The first-order chi connectivity index (χ1) is 9.46. The summed E-state index contributed by atoms with van der Waals surface area (Å²) in [6.45, 7) is 6.84. The molecule has 2 unspecified atom stereocenters. The van der Waals surface area contributed by atoms with E-state index >= 15 is 0 Å². The van der Waals surface area contributed by atoms with Gasteiger partial charge in [0, 0.05) is 6.04 Å². The highest BCUT2D eigenvalue weighted by Gasteiger charge is 2.36.